The van der Waals surface area contributed by atoms with Gasteiger partial charge >= 0.3 is 6.18 Å². The van der Waals surface area contributed by atoms with Gasteiger partial charge in [-0.1, -0.05) is 18.2 Å². The van der Waals surface area contributed by atoms with Gasteiger partial charge in [0.05, 0.1) is 0 Å². The fraction of sp³-hybridized carbons (Fsp3) is 0.250. The first kappa shape index (κ1) is 11.7. The van der Waals surface area contributed by atoms with Crippen molar-refractivity contribution in [2.24, 2.45) is 7.05 Å². The molecule has 0 aliphatic heterocycles. The summed E-state index contributed by atoms with van der Waals surface area (Å²) in [5.74, 6) is -1.71. The van der Waals surface area contributed by atoms with Gasteiger partial charge in [0.1, 0.15) is 0 Å². The van der Waals surface area contributed by atoms with Gasteiger partial charge in [0.2, 0.25) is 5.78 Å². The van der Waals surface area contributed by atoms with Crippen LogP contribution in [0.4, 0.5) is 13.2 Å². The Morgan fingerprint density at radius 1 is 1.29 bits per heavy atom. The molecule has 90 valence electrons. The lowest BCUT2D eigenvalue weighted by molar-refractivity contribution is -0.170. The number of hydrogen-bond donors (Lipinski definition) is 0. The minimum absolute atomic E-state index is 0.408. The Morgan fingerprint density at radius 3 is 2.59 bits per heavy atom. The van der Waals surface area contributed by atoms with E-state index in [1.165, 1.54) is 0 Å². The zero-order valence-corrected chi connectivity index (χ0v) is 9.08. The Hall–Kier alpha value is -1.78. The molecule has 2 aromatic rings. The molecule has 0 bridgehead atoms. The fourth-order valence-corrected chi connectivity index (χ4v) is 1.84. The molecule has 2 rings (SSSR count). The summed E-state index contributed by atoms with van der Waals surface area (Å²) in [6.07, 6.45) is -3.81. The highest BCUT2D eigenvalue weighted by atomic mass is 19.4. The van der Waals surface area contributed by atoms with Gasteiger partial charge in [0.25, 0.3) is 0 Å². The van der Waals surface area contributed by atoms with Gasteiger partial charge in [-0.05, 0) is 11.6 Å². The third-order valence-electron chi connectivity index (χ3n) is 2.65. The molecule has 5 heteroatoms. The van der Waals surface area contributed by atoms with E-state index in [4.69, 9.17) is 0 Å². The molecule has 1 heterocycles. The molecule has 0 unspecified atom stereocenters. The van der Waals surface area contributed by atoms with E-state index in [0.717, 1.165) is 5.52 Å². The van der Waals surface area contributed by atoms with Crippen LogP contribution in [0.5, 0.6) is 0 Å². The number of aromatic nitrogens is 1. The molecular weight excluding hydrogens is 231 g/mol. The van der Waals surface area contributed by atoms with E-state index in [2.05, 4.69) is 0 Å². The topological polar surface area (TPSA) is 22.0 Å². The third kappa shape index (κ3) is 2.18. The summed E-state index contributed by atoms with van der Waals surface area (Å²) >= 11 is 0. The van der Waals surface area contributed by atoms with E-state index in [-0.39, 0.29) is 0 Å². The van der Waals surface area contributed by atoms with Crippen LogP contribution >= 0.6 is 0 Å². The Kier molecular flexibility index (Phi) is 2.69. The lowest BCUT2D eigenvalue weighted by atomic mass is 10.1. The van der Waals surface area contributed by atoms with Crippen LogP contribution in [0, 0.1) is 0 Å². The number of aryl methyl sites for hydroxylation is 1. The molecule has 1 aromatic heterocycles. The molecule has 1 aromatic carbocycles. The first-order valence-corrected chi connectivity index (χ1v) is 5.02. The van der Waals surface area contributed by atoms with Crippen molar-refractivity contribution >= 4 is 16.7 Å². The molecule has 0 N–H and O–H groups in total. The zero-order valence-electron chi connectivity index (χ0n) is 9.08. The Bertz CT molecular complexity index is 569. The maximum absolute atomic E-state index is 12.2. The maximum atomic E-state index is 12.2. The summed E-state index contributed by atoms with van der Waals surface area (Å²) in [6.45, 7) is 0. The summed E-state index contributed by atoms with van der Waals surface area (Å²) in [6, 6.07) is 7.06. The number of Topliss-reactive ketones (excluding diaryl/α,β-unsaturated/α-hetero) is 1. The SMILES string of the molecule is Cn1cc(CC(=O)C(F)(F)F)c2ccccc21. The van der Waals surface area contributed by atoms with Crippen LogP contribution in [0.25, 0.3) is 10.9 Å². The van der Waals surface area contributed by atoms with Gasteiger partial charge in [-0.2, -0.15) is 13.2 Å². The highest BCUT2D eigenvalue weighted by Gasteiger charge is 2.38. The van der Waals surface area contributed by atoms with E-state index in [9.17, 15) is 18.0 Å². The second-order valence-corrected chi connectivity index (χ2v) is 3.88. The van der Waals surface area contributed by atoms with Crippen molar-refractivity contribution in [1.82, 2.24) is 4.57 Å². The minimum Gasteiger partial charge on any atom is -0.350 e. The molecule has 0 fully saturated rings. The largest absolute Gasteiger partial charge is 0.450 e. The van der Waals surface area contributed by atoms with Gasteiger partial charge < -0.3 is 4.57 Å². The lowest BCUT2D eigenvalue weighted by Gasteiger charge is -2.03. The van der Waals surface area contributed by atoms with Gasteiger partial charge in [-0.3, -0.25) is 4.79 Å². The Labute approximate surface area is 95.7 Å². The van der Waals surface area contributed by atoms with Crippen LogP contribution in [0.15, 0.2) is 30.5 Å². The highest BCUT2D eigenvalue weighted by molar-refractivity contribution is 5.92. The smallest absolute Gasteiger partial charge is 0.350 e. The van der Waals surface area contributed by atoms with Crippen molar-refractivity contribution in [3.8, 4) is 0 Å². The number of para-hydroxylation sites is 1. The van der Waals surface area contributed by atoms with Crippen molar-refractivity contribution in [2.75, 3.05) is 0 Å². The molecule has 0 radical (unpaired) electrons. The third-order valence-corrected chi connectivity index (χ3v) is 2.65. The lowest BCUT2D eigenvalue weighted by Crippen LogP contribution is -2.24. The predicted molar refractivity (Wildman–Crippen MR) is 57.7 cm³/mol. The summed E-state index contributed by atoms with van der Waals surface area (Å²) in [4.78, 5) is 11.0. The van der Waals surface area contributed by atoms with Crippen LogP contribution in [-0.4, -0.2) is 16.5 Å². The van der Waals surface area contributed by atoms with E-state index in [1.54, 1.807) is 42.1 Å². The van der Waals surface area contributed by atoms with Crippen LogP contribution < -0.4 is 0 Å². The second-order valence-electron chi connectivity index (χ2n) is 3.88. The number of halogens is 3. The summed E-state index contributed by atoms with van der Waals surface area (Å²) < 4.78 is 38.3. The monoisotopic (exact) mass is 241 g/mol. The molecule has 17 heavy (non-hydrogen) atoms. The average Bonchev–Trinajstić information content (AvgIpc) is 2.56. The molecule has 2 nitrogen and oxygen atoms in total. The quantitative estimate of drug-likeness (QED) is 0.792. The number of hydrogen-bond acceptors (Lipinski definition) is 1. The van der Waals surface area contributed by atoms with Crippen LogP contribution in [0.3, 0.4) is 0 Å². The minimum atomic E-state index is -4.77. The normalized spacial score (nSPS) is 12.0. The van der Waals surface area contributed by atoms with E-state index in [1.807, 2.05) is 0 Å². The van der Waals surface area contributed by atoms with Crippen molar-refractivity contribution in [3.05, 3.63) is 36.0 Å². The van der Waals surface area contributed by atoms with Crippen molar-refractivity contribution in [3.63, 3.8) is 0 Å². The first-order chi connectivity index (χ1) is 7.89. The molecule has 0 saturated carbocycles. The summed E-state index contributed by atoms with van der Waals surface area (Å²) in [5.41, 5.74) is 1.22. The average molecular weight is 241 g/mol. The number of benzene rings is 1. The predicted octanol–water partition coefficient (Wildman–Crippen LogP) is 2.85. The van der Waals surface area contributed by atoms with E-state index in [0.29, 0.717) is 10.9 Å². The van der Waals surface area contributed by atoms with Gasteiger partial charge in [-0.15, -0.1) is 0 Å². The molecule has 0 aliphatic rings. The van der Waals surface area contributed by atoms with E-state index < -0.39 is 18.4 Å². The van der Waals surface area contributed by atoms with Crippen molar-refractivity contribution < 1.29 is 18.0 Å². The van der Waals surface area contributed by atoms with Crippen LogP contribution in [0.2, 0.25) is 0 Å². The van der Waals surface area contributed by atoms with Crippen LogP contribution in [0.1, 0.15) is 5.56 Å². The summed E-state index contributed by atoms with van der Waals surface area (Å²) in [5, 5.41) is 0.688. The number of ketones is 1. The maximum Gasteiger partial charge on any atom is 0.450 e. The van der Waals surface area contributed by atoms with Gasteiger partial charge in [0.15, 0.2) is 0 Å². The number of nitrogens with zero attached hydrogens (tertiary/aromatic N) is 1. The molecule has 0 saturated heterocycles. The molecule has 0 atom stereocenters. The Balaban J connectivity index is 2.41. The number of carbonyl (C=O) groups excluding carboxylic acids is 1. The highest BCUT2D eigenvalue weighted by Crippen LogP contribution is 2.24. The Morgan fingerprint density at radius 2 is 1.94 bits per heavy atom. The van der Waals surface area contributed by atoms with Crippen LogP contribution in [-0.2, 0) is 18.3 Å². The van der Waals surface area contributed by atoms with E-state index >= 15 is 0 Å². The fourth-order valence-electron chi connectivity index (χ4n) is 1.84. The number of carbonyl (C=O) groups is 1. The standard InChI is InChI=1S/C12H10F3NO/c1-16-7-8(6-11(17)12(13,14)15)9-4-2-3-5-10(9)16/h2-5,7H,6H2,1H3. The number of rotatable bonds is 2. The number of fused-ring (bicyclic) bond motifs is 1. The molecule has 0 amide bonds. The summed E-state index contributed by atoms with van der Waals surface area (Å²) in [7, 11) is 1.74. The molecular formula is C12H10F3NO. The zero-order chi connectivity index (χ0) is 12.6. The second kappa shape index (κ2) is 3.91. The number of alkyl halides is 3. The molecule has 0 aliphatic carbocycles. The van der Waals surface area contributed by atoms with Gasteiger partial charge in [0, 0.05) is 30.6 Å². The first-order valence-electron chi connectivity index (χ1n) is 5.02. The van der Waals surface area contributed by atoms with Crippen molar-refractivity contribution in [2.45, 2.75) is 12.6 Å². The van der Waals surface area contributed by atoms with Gasteiger partial charge in [-0.25, -0.2) is 0 Å². The van der Waals surface area contributed by atoms with Crippen molar-refractivity contribution in [1.29, 1.82) is 0 Å². The molecule has 0 spiro atoms.